The van der Waals surface area contributed by atoms with Gasteiger partial charge in [-0.15, -0.1) is 0 Å². The summed E-state index contributed by atoms with van der Waals surface area (Å²) < 4.78 is 54.7. The fourth-order valence-electron chi connectivity index (χ4n) is 4.08. The van der Waals surface area contributed by atoms with Gasteiger partial charge < -0.3 is 5.32 Å². The molecule has 34 heavy (non-hydrogen) atoms. The number of carbonyl (C=O) groups is 1. The van der Waals surface area contributed by atoms with Gasteiger partial charge >= 0.3 is 0 Å². The lowest BCUT2D eigenvalue weighted by Crippen LogP contribution is -2.25. The number of rotatable bonds is 4. The zero-order valence-corrected chi connectivity index (χ0v) is 18.6. The van der Waals surface area contributed by atoms with Crippen molar-refractivity contribution in [3.05, 3.63) is 90.1 Å². The molecule has 0 saturated carbocycles. The Morgan fingerprint density at radius 2 is 1.76 bits per heavy atom. The van der Waals surface area contributed by atoms with E-state index in [1.807, 2.05) is 12.1 Å². The number of nitrogens with zero attached hydrogens (tertiary/aromatic N) is 2. The van der Waals surface area contributed by atoms with Crippen LogP contribution in [0.2, 0.25) is 0 Å². The van der Waals surface area contributed by atoms with Crippen molar-refractivity contribution in [2.45, 2.75) is 6.42 Å². The van der Waals surface area contributed by atoms with Crippen LogP contribution in [0.1, 0.15) is 16.8 Å². The molecule has 1 amide bonds. The van der Waals surface area contributed by atoms with E-state index in [4.69, 9.17) is 0 Å². The van der Waals surface area contributed by atoms with Gasteiger partial charge in [0.05, 0.1) is 17.1 Å². The third-order valence-corrected chi connectivity index (χ3v) is 7.60. The maximum Gasteiger partial charge on any atom is 0.255 e. The third kappa shape index (κ3) is 3.99. The summed E-state index contributed by atoms with van der Waals surface area (Å²) in [5.74, 6) is -2.62. The normalized spacial score (nSPS) is 14.9. The number of fused-ring (bicyclic) bond motifs is 1. The first-order valence-corrected chi connectivity index (χ1v) is 12.2. The number of carbonyl (C=O) groups excluding carboxylic acids is 1. The molecule has 1 aliphatic heterocycles. The molecular formula is C25H19F2N3O3S. The minimum atomic E-state index is -3.33. The van der Waals surface area contributed by atoms with E-state index in [0.717, 1.165) is 11.5 Å². The van der Waals surface area contributed by atoms with E-state index < -0.39 is 27.6 Å². The summed E-state index contributed by atoms with van der Waals surface area (Å²) in [5, 5.41) is 4.06. The van der Waals surface area contributed by atoms with Crippen LogP contribution < -0.4 is 9.62 Å². The van der Waals surface area contributed by atoms with E-state index in [9.17, 15) is 22.0 Å². The summed E-state index contributed by atoms with van der Waals surface area (Å²) in [6.45, 7) is 0.397. The zero-order chi connectivity index (χ0) is 23.9. The molecule has 9 heteroatoms. The molecule has 1 aliphatic rings. The van der Waals surface area contributed by atoms with Gasteiger partial charge in [-0.05, 0) is 48.2 Å². The van der Waals surface area contributed by atoms with E-state index in [-0.39, 0.29) is 28.3 Å². The van der Waals surface area contributed by atoms with Crippen LogP contribution in [0.5, 0.6) is 0 Å². The number of amides is 1. The number of pyridine rings is 1. The van der Waals surface area contributed by atoms with Crippen LogP contribution in [-0.2, 0) is 10.0 Å². The molecule has 172 valence electrons. The summed E-state index contributed by atoms with van der Waals surface area (Å²) in [5.41, 5.74) is 0.990. The first-order chi connectivity index (χ1) is 16.3. The Morgan fingerprint density at radius 3 is 2.50 bits per heavy atom. The van der Waals surface area contributed by atoms with E-state index in [1.165, 1.54) is 28.7 Å². The molecule has 0 atom stereocenters. The quantitative estimate of drug-likeness (QED) is 0.448. The smallest absolute Gasteiger partial charge is 0.255 e. The van der Waals surface area contributed by atoms with Crippen molar-refractivity contribution in [1.82, 2.24) is 4.98 Å². The molecule has 0 radical (unpaired) electrons. The second-order valence-electron chi connectivity index (χ2n) is 7.94. The minimum Gasteiger partial charge on any atom is -0.322 e. The monoisotopic (exact) mass is 479 g/mol. The van der Waals surface area contributed by atoms with Gasteiger partial charge in [-0.3, -0.25) is 14.1 Å². The number of halogens is 2. The van der Waals surface area contributed by atoms with Crippen LogP contribution in [0, 0.1) is 11.6 Å². The van der Waals surface area contributed by atoms with Crippen molar-refractivity contribution < 1.29 is 22.0 Å². The van der Waals surface area contributed by atoms with Crippen LogP contribution in [0.3, 0.4) is 0 Å². The summed E-state index contributed by atoms with van der Waals surface area (Å²) >= 11 is 0. The summed E-state index contributed by atoms with van der Waals surface area (Å²) in [6.07, 6.45) is 2.07. The molecular weight excluding hydrogens is 460 g/mol. The Morgan fingerprint density at radius 1 is 1.00 bits per heavy atom. The highest BCUT2D eigenvalue weighted by atomic mass is 32.2. The SMILES string of the molecule is O=C(Nc1cc(F)c(F)c(-c2nccc3ccccc23)c1)c1ccc(N2CCCS2(=O)=O)cc1. The third-order valence-electron chi connectivity index (χ3n) is 5.73. The van der Waals surface area contributed by atoms with Gasteiger partial charge in [0.15, 0.2) is 11.6 Å². The molecule has 5 rings (SSSR count). The minimum absolute atomic E-state index is 0.0679. The number of benzene rings is 3. The van der Waals surface area contributed by atoms with Gasteiger partial charge in [-0.2, -0.15) is 0 Å². The molecule has 1 aromatic heterocycles. The lowest BCUT2D eigenvalue weighted by Gasteiger charge is -2.17. The van der Waals surface area contributed by atoms with Gasteiger partial charge in [-0.25, -0.2) is 17.2 Å². The summed E-state index contributed by atoms with van der Waals surface area (Å²) in [6, 6.07) is 17.3. The summed E-state index contributed by atoms with van der Waals surface area (Å²) in [7, 11) is -3.33. The van der Waals surface area contributed by atoms with E-state index >= 15 is 0 Å². The van der Waals surface area contributed by atoms with Crippen molar-refractivity contribution in [2.75, 3.05) is 21.9 Å². The largest absolute Gasteiger partial charge is 0.322 e. The molecule has 0 bridgehead atoms. The van der Waals surface area contributed by atoms with E-state index in [2.05, 4.69) is 10.3 Å². The van der Waals surface area contributed by atoms with Crippen LogP contribution in [0.25, 0.3) is 22.0 Å². The molecule has 2 heterocycles. The van der Waals surface area contributed by atoms with Crippen LogP contribution in [0.4, 0.5) is 20.2 Å². The number of hydrogen-bond donors (Lipinski definition) is 1. The molecule has 0 unspecified atom stereocenters. The Labute approximate surface area is 194 Å². The number of hydrogen-bond acceptors (Lipinski definition) is 4. The Bertz CT molecular complexity index is 1520. The maximum absolute atomic E-state index is 14.7. The van der Waals surface area contributed by atoms with Crippen LogP contribution >= 0.6 is 0 Å². The van der Waals surface area contributed by atoms with Crippen LogP contribution in [-0.4, -0.2) is 31.6 Å². The fraction of sp³-hybridized carbons (Fsp3) is 0.120. The summed E-state index contributed by atoms with van der Waals surface area (Å²) in [4.78, 5) is 17.0. The maximum atomic E-state index is 14.7. The van der Waals surface area contributed by atoms with Gasteiger partial charge in [0.25, 0.3) is 5.91 Å². The Hall–Kier alpha value is -3.85. The fourth-order valence-corrected chi connectivity index (χ4v) is 5.64. The van der Waals surface area contributed by atoms with Crippen molar-refractivity contribution in [1.29, 1.82) is 0 Å². The number of nitrogens with one attached hydrogen (secondary N) is 1. The Balaban J connectivity index is 1.44. The van der Waals surface area contributed by atoms with Gasteiger partial charge in [0, 0.05) is 41.0 Å². The van der Waals surface area contributed by atoms with Gasteiger partial charge in [0.2, 0.25) is 10.0 Å². The number of anilines is 2. The predicted octanol–water partition coefficient (Wildman–Crippen LogP) is 4.97. The van der Waals surface area contributed by atoms with Crippen molar-refractivity contribution in [3.63, 3.8) is 0 Å². The van der Waals surface area contributed by atoms with Crippen molar-refractivity contribution in [3.8, 4) is 11.3 Å². The van der Waals surface area contributed by atoms with Gasteiger partial charge in [0.1, 0.15) is 0 Å². The molecule has 1 fully saturated rings. The predicted molar refractivity (Wildman–Crippen MR) is 127 cm³/mol. The highest BCUT2D eigenvalue weighted by molar-refractivity contribution is 7.93. The average molecular weight is 480 g/mol. The topological polar surface area (TPSA) is 79.4 Å². The lowest BCUT2D eigenvalue weighted by atomic mass is 10.0. The average Bonchev–Trinajstić information content (AvgIpc) is 3.20. The second-order valence-corrected chi connectivity index (χ2v) is 9.96. The molecule has 0 spiro atoms. The van der Waals surface area contributed by atoms with Gasteiger partial charge in [-0.1, -0.05) is 24.3 Å². The molecule has 4 aromatic rings. The highest BCUT2D eigenvalue weighted by Crippen LogP contribution is 2.32. The van der Waals surface area contributed by atoms with E-state index in [1.54, 1.807) is 30.3 Å². The molecule has 1 saturated heterocycles. The number of sulfonamides is 1. The molecule has 1 N–H and O–H groups in total. The first kappa shape index (κ1) is 22.0. The standard InChI is InChI=1S/C25H19F2N3O3S/c26-22-15-18(14-21(23(22)27)24-20-5-2-1-4-16(20)10-11-28-24)29-25(31)17-6-8-19(9-7-17)30-12-3-13-34(30,32)33/h1-2,4-11,14-15H,3,12-13H2,(H,29,31). The van der Waals surface area contributed by atoms with Crippen molar-refractivity contribution >= 4 is 38.1 Å². The Kier molecular flexibility index (Phi) is 5.49. The second kappa shape index (κ2) is 8.49. The lowest BCUT2D eigenvalue weighted by molar-refractivity contribution is 0.102. The number of aromatic nitrogens is 1. The first-order valence-electron chi connectivity index (χ1n) is 10.6. The highest BCUT2D eigenvalue weighted by Gasteiger charge is 2.28. The van der Waals surface area contributed by atoms with E-state index in [0.29, 0.717) is 24.0 Å². The van der Waals surface area contributed by atoms with Crippen molar-refractivity contribution in [2.24, 2.45) is 0 Å². The molecule has 6 nitrogen and oxygen atoms in total. The zero-order valence-electron chi connectivity index (χ0n) is 17.8. The molecule has 3 aromatic carbocycles. The molecule has 0 aliphatic carbocycles. The van der Waals surface area contributed by atoms with Crippen LogP contribution in [0.15, 0.2) is 72.9 Å².